The molecular weight excluding hydrogens is 302 g/mol. The molecule has 1 unspecified atom stereocenters. The number of aromatic nitrogens is 1. The molecule has 0 fully saturated rings. The second-order valence-corrected chi connectivity index (χ2v) is 8.20. The fourth-order valence-corrected chi connectivity index (χ4v) is 5.14. The van der Waals surface area contributed by atoms with Crippen molar-refractivity contribution in [3.63, 3.8) is 0 Å². The molecule has 2 rings (SSSR count). The van der Waals surface area contributed by atoms with E-state index in [4.69, 9.17) is 5.73 Å². The molecule has 0 aliphatic rings. The largest absolute Gasteiger partial charge is 0.375 e. The van der Waals surface area contributed by atoms with Gasteiger partial charge in [0.25, 0.3) is 10.0 Å². The first-order chi connectivity index (χ1) is 8.88. The van der Waals surface area contributed by atoms with Gasteiger partial charge in [-0.05, 0) is 31.7 Å². The van der Waals surface area contributed by atoms with E-state index in [1.807, 2.05) is 24.4 Å². The SMILES string of the molecule is Cc1nc(N)sc1S(=O)(=O)NC(C)Cc1cccs1. The van der Waals surface area contributed by atoms with Crippen LogP contribution in [0.4, 0.5) is 5.13 Å². The van der Waals surface area contributed by atoms with E-state index >= 15 is 0 Å². The fourth-order valence-electron chi connectivity index (χ4n) is 1.74. The number of sulfonamides is 1. The van der Waals surface area contributed by atoms with Crippen LogP contribution in [0.15, 0.2) is 21.7 Å². The van der Waals surface area contributed by atoms with Crippen molar-refractivity contribution in [3.8, 4) is 0 Å². The van der Waals surface area contributed by atoms with Gasteiger partial charge in [-0.25, -0.2) is 18.1 Å². The van der Waals surface area contributed by atoms with Crippen LogP contribution in [0, 0.1) is 6.92 Å². The zero-order chi connectivity index (χ0) is 14.0. The van der Waals surface area contributed by atoms with Crippen molar-refractivity contribution in [2.75, 3.05) is 5.73 Å². The molecule has 19 heavy (non-hydrogen) atoms. The summed E-state index contributed by atoms with van der Waals surface area (Å²) in [6, 6.07) is 3.77. The molecule has 104 valence electrons. The van der Waals surface area contributed by atoms with E-state index in [9.17, 15) is 8.42 Å². The van der Waals surface area contributed by atoms with Crippen LogP contribution in [0.25, 0.3) is 0 Å². The van der Waals surface area contributed by atoms with Gasteiger partial charge in [-0.2, -0.15) is 0 Å². The third kappa shape index (κ3) is 3.53. The van der Waals surface area contributed by atoms with Crippen LogP contribution in [-0.2, 0) is 16.4 Å². The topological polar surface area (TPSA) is 85.1 Å². The van der Waals surface area contributed by atoms with Crippen molar-refractivity contribution in [1.29, 1.82) is 0 Å². The summed E-state index contributed by atoms with van der Waals surface area (Å²) in [7, 11) is -3.54. The molecule has 2 aromatic rings. The summed E-state index contributed by atoms with van der Waals surface area (Å²) in [4.78, 5) is 5.09. The number of nitrogens with two attached hydrogens (primary N) is 1. The zero-order valence-electron chi connectivity index (χ0n) is 10.6. The van der Waals surface area contributed by atoms with E-state index in [0.29, 0.717) is 12.1 Å². The van der Waals surface area contributed by atoms with Gasteiger partial charge in [-0.1, -0.05) is 17.4 Å². The maximum Gasteiger partial charge on any atom is 0.252 e. The Hall–Kier alpha value is -0.960. The molecular formula is C11H15N3O2S3. The van der Waals surface area contributed by atoms with Crippen LogP contribution < -0.4 is 10.5 Å². The quantitative estimate of drug-likeness (QED) is 0.883. The number of rotatable bonds is 5. The van der Waals surface area contributed by atoms with Crippen LogP contribution in [0.2, 0.25) is 0 Å². The summed E-state index contributed by atoms with van der Waals surface area (Å²) in [5, 5.41) is 2.24. The minimum absolute atomic E-state index is 0.175. The van der Waals surface area contributed by atoms with Crippen LogP contribution >= 0.6 is 22.7 Å². The van der Waals surface area contributed by atoms with Gasteiger partial charge in [0, 0.05) is 10.9 Å². The Labute approximate surface area is 120 Å². The second kappa shape index (κ2) is 5.58. The molecule has 5 nitrogen and oxygen atoms in total. The Morgan fingerprint density at radius 1 is 1.53 bits per heavy atom. The average Bonchev–Trinajstić information content (AvgIpc) is 2.87. The summed E-state index contributed by atoms with van der Waals surface area (Å²) >= 11 is 2.61. The lowest BCUT2D eigenvalue weighted by Gasteiger charge is -2.12. The van der Waals surface area contributed by atoms with Crippen molar-refractivity contribution in [2.24, 2.45) is 0 Å². The molecule has 2 heterocycles. The maximum absolute atomic E-state index is 12.2. The maximum atomic E-state index is 12.2. The minimum atomic E-state index is -3.54. The van der Waals surface area contributed by atoms with Crippen LogP contribution in [0.3, 0.4) is 0 Å². The van der Waals surface area contributed by atoms with E-state index in [1.54, 1.807) is 18.3 Å². The molecule has 0 spiro atoms. The lowest BCUT2D eigenvalue weighted by Crippen LogP contribution is -2.33. The third-order valence-corrected chi connectivity index (χ3v) is 6.54. The summed E-state index contributed by atoms with van der Waals surface area (Å²) in [6.45, 7) is 3.49. The van der Waals surface area contributed by atoms with Crippen molar-refractivity contribution in [3.05, 3.63) is 28.1 Å². The Balaban J connectivity index is 2.11. The van der Waals surface area contributed by atoms with E-state index in [-0.39, 0.29) is 15.4 Å². The summed E-state index contributed by atoms with van der Waals surface area (Å²) < 4.78 is 27.3. The lowest BCUT2D eigenvalue weighted by atomic mass is 10.2. The number of anilines is 1. The summed E-state index contributed by atoms with van der Waals surface area (Å²) in [5.41, 5.74) is 5.98. The van der Waals surface area contributed by atoms with Gasteiger partial charge in [0.15, 0.2) is 9.34 Å². The zero-order valence-corrected chi connectivity index (χ0v) is 13.0. The smallest absolute Gasteiger partial charge is 0.252 e. The van der Waals surface area contributed by atoms with Gasteiger partial charge in [0.2, 0.25) is 0 Å². The molecule has 0 aliphatic carbocycles. The lowest BCUT2D eigenvalue weighted by molar-refractivity contribution is 0.562. The molecule has 0 saturated carbocycles. The Morgan fingerprint density at radius 3 is 2.79 bits per heavy atom. The number of nitrogens with one attached hydrogen (secondary N) is 1. The third-order valence-electron chi connectivity index (χ3n) is 2.46. The van der Waals surface area contributed by atoms with Crippen molar-refractivity contribution in [2.45, 2.75) is 30.5 Å². The first-order valence-electron chi connectivity index (χ1n) is 5.66. The minimum Gasteiger partial charge on any atom is -0.375 e. The number of nitrogens with zero attached hydrogens (tertiary/aromatic N) is 1. The molecule has 0 bridgehead atoms. The number of aryl methyl sites for hydroxylation is 1. The predicted octanol–water partition coefficient (Wildman–Crippen LogP) is 2.00. The highest BCUT2D eigenvalue weighted by Crippen LogP contribution is 2.25. The Morgan fingerprint density at radius 2 is 2.26 bits per heavy atom. The first kappa shape index (κ1) is 14.4. The van der Waals surface area contributed by atoms with Crippen LogP contribution in [0.1, 0.15) is 17.5 Å². The number of thiazole rings is 1. The Bertz CT molecular complexity index is 647. The summed E-state index contributed by atoms with van der Waals surface area (Å²) in [5.74, 6) is 0. The summed E-state index contributed by atoms with van der Waals surface area (Å²) in [6.07, 6.45) is 0.671. The molecule has 8 heteroatoms. The van der Waals surface area contributed by atoms with Crippen LogP contribution in [0.5, 0.6) is 0 Å². The molecule has 2 aromatic heterocycles. The standard InChI is InChI=1S/C11H15N3O2S3/c1-7(6-9-4-3-5-17-9)14-19(15,16)10-8(2)13-11(12)18-10/h3-5,7,14H,6H2,1-2H3,(H2,12,13). The molecule has 0 aromatic carbocycles. The van der Waals surface area contributed by atoms with Crippen molar-refractivity contribution >= 4 is 37.8 Å². The number of nitrogen functional groups attached to an aromatic ring is 1. The van der Waals surface area contributed by atoms with Gasteiger partial charge in [0.05, 0.1) is 5.69 Å². The molecule has 3 N–H and O–H groups in total. The van der Waals surface area contributed by atoms with E-state index in [1.165, 1.54) is 0 Å². The normalized spacial score (nSPS) is 13.6. The predicted molar refractivity (Wildman–Crippen MR) is 79.1 cm³/mol. The van der Waals surface area contributed by atoms with E-state index in [2.05, 4.69) is 9.71 Å². The average molecular weight is 317 g/mol. The molecule has 0 amide bonds. The highest BCUT2D eigenvalue weighted by atomic mass is 32.2. The van der Waals surface area contributed by atoms with Crippen LogP contribution in [-0.4, -0.2) is 19.4 Å². The fraction of sp³-hybridized carbons (Fsp3) is 0.364. The van der Waals surface area contributed by atoms with Gasteiger partial charge in [-0.15, -0.1) is 11.3 Å². The molecule has 0 radical (unpaired) electrons. The first-order valence-corrected chi connectivity index (χ1v) is 8.84. The monoisotopic (exact) mass is 317 g/mol. The van der Waals surface area contributed by atoms with Gasteiger partial charge in [0.1, 0.15) is 0 Å². The highest BCUT2D eigenvalue weighted by molar-refractivity contribution is 7.91. The number of hydrogen-bond acceptors (Lipinski definition) is 6. The number of thiophene rings is 1. The van der Waals surface area contributed by atoms with Crippen molar-refractivity contribution < 1.29 is 8.42 Å². The second-order valence-electron chi connectivity index (χ2n) is 4.23. The number of hydrogen-bond donors (Lipinski definition) is 2. The molecule has 0 aliphatic heterocycles. The molecule has 1 atom stereocenters. The van der Waals surface area contributed by atoms with Crippen molar-refractivity contribution in [1.82, 2.24) is 9.71 Å². The van der Waals surface area contributed by atoms with E-state index in [0.717, 1.165) is 16.2 Å². The van der Waals surface area contributed by atoms with Gasteiger partial charge in [-0.3, -0.25) is 0 Å². The highest BCUT2D eigenvalue weighted by Gasteiger charge is 2.23. The molecule has 0 saturated heterocycles. The van der Waals surface area contributed by atoms with E-state index < -0.39 is 10.0 Å². The van der Waals surface area contributed by atoms with Gasteiger partial charge >= 0.3 is 0 Å². The Kier molecular flexibility index (Phi) is 4.24. The van der Waals surface area contributed by atoms with Gasteiger partial charge < -0.3 is 5.73 Å².